The van der Waals surface area contributed by atoms with Crippen LogP contribution in [0.3, 0.4) is 0 Å². The van der Waals surface area contributed by atoms with Crippen LogP contribution in [0.25, 0.3) is 0 Å². The van der Waals surface area contributed by atoms with Gasteiger partial charge in [0.25, 0.3) is 0 Å². The van der Waals surface area contributed by atoms with Gasteiger partial charge in [0, 0.05) is 25.7 Å². The summed E-state index contributed by atoms with van der Waals surface area (Å²) in [4.78, 5) is 1.27. The van der Waals surface area contributed by atoms with Crippen LogP contribution in [-0.4, -0.2) is 0 Å². The predicted molar refractivity (Wildman–Crippen MR) is 78.5 cm³/mol. The lowest BCUT2D eigenvalue weighted by molar-refractivity contribution is 1.19. The molecule has 0 bridgehead atoms. The molecular formula is C11H8Br2ClNS. The van der Waals surface area contributed by atoms with Gasteiger partial charge >= 0.3 is 0 Å². The third-order valence-electron chi connectivity index (χ3n) is 2.00. The summed E-state index contributed by atoms with van der Waals surface area (Å²) in [6.07, 6.45) is 0. The van der Waals surface area contributed by atoms with Crippen LogP contribution in [0.1, 0.15) is 4.88 Å². The van der Waals surface area contributed by atoms with Crippen molar-refractivity contribution in [1.29, 1.82) is 0 Å². The molecule has 16 heavy (non-hydrogen) atoms. The van der Waals surface area contributed by atoms with E-state index in [0.29, 0.717) is 0 Å². The maximum atomic E-state index is 6.08. The smallest absolute Gasteiger partial charge is 0.0638 e. The molecule has 0 aliphatic carbocycles. The van der Waals surface area contributed by atoms with Crippen molar-refractivity contribution in [1.82, 2.24) is 0 Å². The van der Waals surface area contributed by atoms with E-state index in [4.69, 9.17) is 11.6 Å². The lowest BCUT2D eigenvalue weighted by Crippen LogP contribution is -1.97. The van der Waals surface area contributed by atoms with Gasteiger partial charge < -0.3 is 5.32 Å². The highest BCUT2D eigenvalue weighted by molar-refractivity contribution is 9.10. The van der Waals surface area contributed by atoms with E-state index in [1.54, 1.807) is 11.3 Å². The molecule has 1 aromatic carbocycles. The van der Waals surface area contributed by atoms with Crippen molar-refractivity contribution < 1.29 is 0 Å². The van der Waals surface area contributed by atoms with Crippen LogP contribution in [0.15, 0.2) is 38.6 Å². The van der Waals surface area contributed by atoms with E-state index < -0.39 is 0 Å². The summed E-state index contributed by atoms with van der Waals surface area (Å²) < 4.78 is 2.14. The number of halogens is 3. The molecule has 0 atom stereocenters. The minimum atomic E-state index is 0.735. The second-order valence-corrected chi connectivity index (χ2v) is 6.44. The molecule has 1 heterocycles. The Balaban J connectivity index is 2.07. The Bertz CT molecular complexity index is 498. The van der Waals surface area contributed by atoms with Crippen LogP contribution < -0.4 is 5.32 Å². The third-order valence-corrected chi connectivity index (χ3v) is 4.52. The van der Waals surface area contributed by atoms with Crippen molar-refractivity contribution in [2.45, 2.75) is 6.54 Å². The van der Waals surface area contributed by atoms with Crippen molar-refractivity contribution in [2.24, 2.45) is 0 Å². The normalized spacial score (nSPS) is 10.4. The first kappa shape index (κ1) is 12.4. The molecule has 84 valence electrons. The number of benzene rings is 1. The Morgan fingerprint density at radius 1 is 1.19 bits per heavy atom. The lowest BCUT2D eigenvalue weighted by Gasteiger charge is -2.07. The largest absolute Gasteiger partial charge is 0.379 e. The standard InChI is InChI=1S/C11H8Br2ClNS/c12-7-1-2-10(14)11(4-7)15-5-9-3-8(13)6-16-9/h1-4,6,15H,5H2. The predicted octanol–water partition coefficient (Wildman–Crippen LogP) is 5.54. The van der Waals surface area contributed by atoms with E-state index in [1.165, 1.54) is 4.88 Å². The number of anilines is 1. The van der Waals surface area contributed by atoms with Crippen LogP contribution in [0, 0.1) is 0 Å². The fourth-order valence-corrected chi connectivity index (χ4v) is 3.20. The molecule has 2 rings (SSSR count). The van der Waals surface area contributed by atoms with Crippen LogP contribution in [0.5, 0.6) is 0 Å². The number of hydrogen-bond acceptors (Lipinski definition) is 2. The number of thiophene rings is 1. The Labute approximate surface area is 120 Å². The van der Waals surface area contributed by atoms with Gasteiger partial charge in [-0.2, -0.15) is 0 Å². The molecule has 0 unspecified atom stereocenters. The van der Waals surface area contributed by atoms with Crippen molar-refractivity contribution in [3.8, 4) is 0 Å². The van der Waals surface area contributed by atoms with Gasteiger partial charge in [0.05, 0.1) is 10.7 Å². The van der Waals surface area contributed by atoms with Gasteiger partial charge in [0.1, 0.15) is 0 Å². The fourth-order valence-electron chi connectivity index (χ4n) is 1.26. The zero-order valence-corrected chi connectivity index (χ0v) is 12.9. The van der Waals surface area contributed by atoms with E-state index in [0.717, 1.165) is 26.2 Å². The summed E-state index contributed by atoms with van der Waals surface area (Å²) in [6.45, 7) is 0.784. The summed E-state index contributed by atoms with van der Waals surface area (Å²) in [6, 6.07) is 7.88. The molecule has 1 nitrogen and oxygen atoms in total. The minimum Gasteiger partial charge on any atom is -0.379 e. The minimum absolute atomic E-state index is 0.735. The number of nitrogens with one attached hydrogen (secondary N) is 1. The highest BCUT2D eigenvalue weighted by atomic mass is 79.9. The van der Waals surface area contributed by atoms with Gasteiger partial charge in [-0.25, -0.2) is 0 Å². The first-order valence-corrected chi connectivity index (χ1v) is 7.41. The number of rotatable bonds is 3. The molecular weight excluding hydrogens is 373 g/mol. The molecule has 0 radical (unpaired) electrons. The van der Waals surface area contributed by atoms with Crippen LogP contribution in [0.4, 0.5) is 5.69 Å². The molecule has 2 aromatic rings. The first-order valence-electron chi connectivity index (χ1n) is 4.57. The van der Waals surface area contributed by atoms with Gasteiger partial charge in [0.2, 0.25) is 0 Å². The van der Waals surface area contributed by atoms with E-state index >= 15 is 0 Å². The summed E-state index contributed by atoms with van der Waals surface area (Å²) in [5, 5.41) is 6.12. The maximum Gasteiger partial charge on any atom is 0.0638 e. The van der Waals surface area contributed by atoms with Crippen molar-refractivity contribution in [2.75, 3.05) is 5.32 Å². The molecule has 0 saturated heterocycles. The lowest BCUT2D eigenvalue weighted by atomic mass is 10.3. The molecule has 1 aromatic heterocycles. The molecule has 0 amide bonds. The number of hydrogen-bond donors (Lipinski definition) is 1. The molecule has 1 N–H and O–H groups in total. The van der Waals surface area contributed by atoms with Gasteiger partial charge in [-0.15, -0.1) is 11.3 Å². The molecule has 0 fully saturated rings. The topological polar surface area (TPSA) is 12.0 Å². The Hall–Kier alpha value is -0.0300. The Morgan fingerprint density at radius 2 is 2.00 bits per heavy atom. The average molecular weight is 382 g/mol. The highest BCUT2D eigenvalue weighted by Crippen LogP contribution is 2.27. The van der Waals surface area contributed by atoms with Crippen molar-refractivity contribution in [3.05, 3.63) is 48.5 Å². The molecule has 0 aliphatic heterocycles. The van der Waals surface area contributed by atoms with Gasteiger partial charge in [-0.05, 0) is 40.2 Å². The summed E-state index contributed by atoms with van der Waals surface area (Å²) in [7, 11) is 0. The van der Waals surface area contributed by atoms with E-state index in [1.807, 2.05) is 18.2 Å². The first-order chi connectivity index (χ1) is 7.65. The zero-order valence-electron chi connectivity index (χ0n) is 8.14. The van der Waals surface area contributed by atoms with E-state index in [9.17, 15) is 0 Å². The molecule has 5 heteroatoms. The second-order valence-electron chi connectivity index (χ2n) is 3.21. The second kappa shape index (κ2) is 5.54. The quantitative estimate of drug-likeness (QED) is 0.736. The summed E-state index contributed by atoms with van der Waals surface area (Å²) in [5.41, 5.74) is 0.945. The molecule has 0 saturated carbocycles. The van der Waals surface area contributed by atoms with Crippen molar-refractivity contribution in [3.63, 3.8) is 0 Å². The van der Waals surface area contributed by atoms with E-state index in [-0.39, 0.29) is 0 Å². The molecule has 0 spiro atoms. The summed E-state index contributed by atoms with van der Waals surface area (Å²) >= 11 is 14.6. The summed E-state index contributed by atoms with van der Waals surface area (Å²) in [5.74, 6) is 0. The Morgan fingerprint density at radius 3 is 2.69 bits per heavy atom. The monoisotopic (exact) mass is 379 g/mol. The van der Waals surface area contributed by atoms with Crippen molar-refractivity contribution >= 4 is 60.5 Å². The van der Waals surface area contributed by atoms with Crippen LogP contribution in [-0.2, 0) is 6.54 Å². The maximum absolute atomic E-state index is 6.08. The average Bonchev–Trinajstić information content (AvgIpc) is 2.66. The Kier molecular flexibility index (Phi) is 4.30. The molecule has 0 aliphatic rings. The zero-order chi connectivity index (χ0) is 11.5. The van der Waals surface area contributed by atoms with Gasteiger partial charge in [-0.1, -0.05) is 27.5 Å². The van der Waals surface area contributed by atoms with E-state index in [2.05, 4.69) is 48.6 Å². The SMILES string of the molecule is Clc1ccc(Br)cc1NCc1cc(Br)cs1. The third kappa shape index (κ3) is 3.23. The van der Waals surface area contributed by atoms with Gasteiger partial charge in [-0.3, -0.25) is 0 Å². The van der Waals surface area contributed by atoms with Crippen LogP contribution >= 0.6 is 54.8 Å². The van der Waals surface area contributed by atoms with Crippen LogP contribution in [0.2, 0.25) is 5.02 Å². The van der Waals surface area contributed by atoms with Gasteiger partial charge in [0.15, 0.2) is 0 Å². The fraction of sp³-hybridized carbons (Fsp3) is 0.0909. The highest BCUT2D eigenvalue weighted by Gasteiger charge is 2.02.